The van der Waals surface area contributed by atoms with E-state index in [0.717, 1.165) is 17.5 Å². The number of halogens is 2. The number of ketones is 1. The number of hydrogen-bond acceptors (Lipinski definition) is 1. The zero-order chi connectivity index (χ0) is 10.6. The lowest BCUT2D eigenvalue weighted by atomic mass is 10.0. The van der Waals surface area contributed by atoms with E-state index in [1.165, 1.54) is 0 Å². The Morgan fingerprint density at radius 2 is 2.21 bits per heavy atom. The van der Waals surface area contributed by atoms with Gasteiger partial charge in [-0.05, 0) is 24.1 Å². The number of Topliss-reactive ketones (excluding diaryl/α,β-unsaturated/α-hetero) is 1. The number of aryl methyl sites for hydroxylation is 1. The average Bonchev–Trinajstić information content (AvgIpc) is 2.18. The summed E-state index contributed by atoms with van der Waals surface area (Å²) in [6.45, 7) is 2.04. The molecule has 1 aromatic carbocycles. The lowest BCUT2D eigenvalue weighted by Crippen LogP contribution is -2.03. The maximum atomic E-state index is 11.7. The van der Waals surface area contributed by atoms with Gasteiger partial charge in [-0.1, -0.05) is 40.5 Å². The third-order valence-electron chi connectivity index (χ3n) is 2.07. The molecular formula is C11H12BrClO. The van der Waals surface area contributed by atoms with Gasteiger partial charge >= 0.3 is 0 Å². The highest BCUT2D eigenvalue weighted by Gasteiger charge is 2.09. The van der Waals surface area contributed by atoms with Gasteiger partial charge in [0, 0.05) is 22.3 Å². The van der Waals surface area contributed by atoms with Crippen molar-refractivity contribution in [2.75, 3.05) is 5.33 Å². The van der Waals surface area contributed by atoms with Gasteiger partial charge < -0.3 is 0 Å². The molecule has 0 fully saturated rings. The van der Waals surface area contributed by atoms with Gasteiger partial charge in [-0.3, -0.25) is 4.79 Å². The first-order chi connectivity index (χ1) is 6.69. The molecule has 0 aliphatic rings. The third-order valence-corrected chi connectivity index (χ3v) is 2.71. The molecule has 0 saturated carbocycles. The van der Waals surface area contributed by atoms with Crippen LogP contribution >= 0.6 is 27.5 Å². The summed E-state index contributed by atoms with van der Waals surface area (Å²) >= 11 is 9.11. The molecule has 0 N–H and O–H groups in total. The highest BCUT2D eigenvalue weighted by atomic mass is 79.9. The summed E-state index contributed by atoms with van der Waals surface area (Å²) in [7, 11) is 0. The fourth-order valence-corrected chi connectivity index (χ4v) is 1.87. The SMILES string of the molecule is CCc1ccc(Cl)cc1C(=O)CCBr. The first-order valence-electron chi connectivity index (χ1n) is 4.56. The van der Waals surface area contributed by atoms with Gasteiger partial charge in [-0.2, -0.15) is 0 Å². The standard InChI is InChI=1S/C11H12BrClO/c1-2-8-3-4-9(13)7-10(8)11(14)5-6-12/h3-4,7H,2,5-6H2,1H3. The van der Waals surface area contributed by atoms with Crippen molar-refractivity contribution in [3.63, 3.8) is 0 Å². The molecule has 0 unspecified atom stereocenters. The summed E-state index contributed by atoms with van der Waals surface area (Å²) in [5.74, 6) is 0.154. The smallest absolute Gasteiger partial charge is 0.164 e. The minimum Gasteiger partial charge on any atom is -0.294 e. The second-order valence-electron chi connectivity index (χ2n) is 3.02. The fraction of sp³-hybridized carbons (Fsp3) is 0.364. The largest absolute Gasteiger partial charge is 0.294 e. The number of alkyl halides is 1. The van der Waals surface area contributed by atoms with Crippen LogP contribution in [-0.4, -0.2) is 11.1 Å². The van der Waals surface area contributed by atoms with E-state index in [0.29, 0.717) is 16.8 Å². The van der Waals surface area contributed by atoms with Crippen molar-refractivity contribution in [1.29, 1.82) is 0 Å². The zero-order valence-corrected chi connectivity index (χ0v) is 10.4. The molecule has 1 nitrogen and oxygen atoms in total. The van der Waals surface area contributed by atoms with Crippen LogP contribution in [0.1, 0.15) is 29.3 Å². The van der Waals surface area contributed by atoms with E-state index in [1.807, 2.05) is 19.1 Å². The van der Waals surface area contributed by atoms with Crippen molar-refractivity contribution in [1.82, 2.24) is 0 Å². The van der Waals surface area contributed by atoms with E-state index in [4.69, 9.17) is 11.6 Å². The number of benzene rings is 1. The minimum atomic E-state index is 0.154. The minimum absolute atomic E-state index is 0.154. The lowest BCUT2D eigenvalue weighted by molar-refractivity contribution is 0.0989. The van der Waals surface area contributed by atoms with Gasteiger partial charge in [0.05, 0.1) is 0 Å². The van der Waals surface area contributed by atoms with Gasteiger partial charge in [0.15, 0.2) is 5.78 Å². The van der Waals surface area contributed by atoms with Gasteiger partial charge in [-0.15, -0.1) is 0 Å². The van der Waals surface area contributed by atoms with Crippen LogP contribution in [0.15, 0.2) is 18.2 Å². The zero-order valence-electron chi connectivity index (χ0n) is 8.02. The molecule has 1 aromatic rings. The van der Waals surface area contributed by atoms with Gasteiger partial charge in [-0.25, -0.2) is 0 Å². The van der Waals surface area contributed by atoms with Crippen LogP contribution in [0.5, 0.6) is 0 Å². The van der Waals surface area contributed by atoms with E-state index in [2.05, 4.69) is 15.9 Å². The summed E-state index contributed by atoms with van der Waals surface area (Å²) in [6, 6.07) is 5.50. The fourth-order valence-electron chi connectivity index (χ4n) is 1.34. The third kappa shape index (κ3) is 2.82. The molecule has 0 atom stereocenters. The molecule has 3 heteroatoms. The highest BCUT2D eigenvalue weighted by molar-refractivity contribution is 9.09. The molecule has 0 aromatic heterocycles. The van der Waals surface area contributed by atoms with E-state index in [1.54, 1.807) is 6.07 Å². The Hall–Kier alpha value is -0.340. The Morgan fingerprint density at radius 1 is 1.50 bits per heavy atom. The van der Waals surface area contributed by atoms with Crippen LogP contribution in [0.25, 0.3) is 0 Å². The highest BCUT2D eigenvalue weighted by Crippen LogP contribution is 2.18. The van der Waals surface area contributed by atoms with Crippen molar-refractivity contribution in [3.8, 4) is 0 Å². The predicted molar refractivity (Wildman–Crippen MR) is 63.6 cm³/mol. The molecular weight excluding hydrogens is 263 g/mol. The van der Waals surface area contributed by atoms with Crippen LogP contribution in [0, 0.1) is 0 Å². The van der Waals surface area contributed by atoms with Crippen LogP contribution in [-0.2, 0) is 6.42 Å². The summed E-state index contributed by atoms with van der Waals surface area (Å²) in [5, 5.41) is 1.32. The van der Waals surface area contributed by atoms with Crippen LogP contribution < -0.4 is 0 Å². The molecule has 0 aliphatic heterocycles. The van der Waals surface area contributed by atoms with Crippen molar-refractivity contribution < 1.29 is 4.79 Å². The molecule has 0 saturated heterocycles. The lowest BCUT2D eigenvalue weighted by Gasteiger charge is -2.06. The maximum absolute atomic E-state index is 11.7. The van der Waals surface area contributed by atoms with Crippen molar-refractivity contribution in [2.24, 2.45) is 0 Å². The number of rotatable bonds is 4. The van der Waals surface area contributed by atoms with Crippen LogP contribution in [0.2, 0.25) is 5.02 Å². The second-order valence-corrected chi connectivity index (χ2v) is 4.25. The van der Waals surface area contributed by atoms with E-state index in [-0.39, 0.29) is 5.78 Å². The second kappa shape index (κ2) is 5.52. The molecule has 0 heterocycles. The normalized spacial score (nSPS) is 10.2. The van der Waals surface area contributed by atoms with Gasteiger partial charge in [0.1, 0.15) is 0 Å². The Bertz CT molecular complexity index is 336. The summed E-state index contributed by atoms with van der Waals surface area (Å²) in [6.07, 6.45) is 1.38. The molecule has 0 bridgehead atoms. The predicted octanol–water partition coefficient (Wildman–Crippen LogP) is 3.87. The number of carbonyl (C=O) groups excluding carboxylic acids is 1. The average molecular weight is 276 g/mol. The van der Waals surface area contributed by atoms with Crippen molar-refractivity contribution >= 4 is 33.3 Å². The summed E-state index contributed by atoms with van der Waals surface area (Å²) in [5.41, 5.74) is 1.83. The van der Waals surface area contributed by atoms with E-state index >= 15 is 0 Å². The van der Waals surface area contributed by atoms with Crippen LogP contribution in [0.3, 0.4) is 0 Å². The molecule has 14 heavy (non-hydrogen) atoms. The van der Waals surface area contributed by atoms with Gasteiger partial charge in [0.25, 0.3) is 0 Å². The molecule has 1 rings (SSSR count). The Balaban J connectivity index is 3.03. The Morgan fingerprint density at radius 3 is 2.79 bits per heavy atom. The Labute approximate surface area is 97.6 Å². The maximum Gasteiger partial charge on any atom is 0.164 e. The molecule has 0 spiro atoms. The number of hydrogen-bond donors (Lipinski definition) is 0. The van der Waals surface area contributed by atoms with E-state index < -0.39 is 0 Å². The molecule has 0 amide bonds. The molecule has 0 aliphatic carbocycles. The monoisotopic (exact) mass is 274 g/mol. The summed E-state index contributed by atoms with van der Waals surface area (Å²) < 4.78 is 0. The Kier molecular flexibility index (Phi) is 4.63. The van der Waals surface area contributed by atoms with Crippen LogP contribution in [0.4, 0.5) is 0 Å². The van der Waals surface area contributed by atoms with Crippen molar-refractivity contribution in [3.05, 3.63) is 34.3 Å². The quantitative estimate of drug-likeness (QED) is 0.602. The number of carbonyl (C=O) groups is 1. The molecule has 0 radical (unpaired) electrons. The summed E-state index contributed by atoms with van der Waals surface area (Å²) in [4.78, 5) is 11.7. The van der Waals surface area contributed by atoms with Crippen molar-refractivity contribution in [2.45, 2.75) is 19.8 Å². The van der Waals surface area contributed by atoms with E-state index in [9.17, 15) is 4.79 Å². The van der Waals surface area contributed by atoms with Gasteiger partial charge in [0.2, 0.25) is 0 Å². The molecule has 76 valence electrons. The first kappa shape index (κ1) is 11.7. The first-order valence-corrected chi connectivity index (χ1v) is 6.06. The topological polar surface area (TPSA) is 17.1 Å².